The smallest absolute Gasteiger partial charge is 0.0630 e. The molecule has 0 saturated heterocycles. The summed E-state index contributed by atoms with van der Waals surface area (Å²) in [7, 11) is 0. The predicted octanol–water partition coefficient (Wildman–Crippen LogP) is 2.50. The van der Waals surface area contributed by atoms with Gasteiger partial charge in [-0.05, 0) is 91.9 Å². The monoisotopic (exact) mass is 402 g/mol. The normalized spacial score (nSPS) is 16.2. The molecular formula is C22H50N4O2. The molecule has 170 valence electrons. The molecule has 0 fully saturated rings. The van der Waals surface area contributed by atoms with E-state index < -0.39 is 0 Å². The van der Waals surface area contributed by atoms with Crippen LogP contribution in [-0.4, -0.2) is 63.2 Å². The maximum Gasteiger partial charge on any atom is 0.0630 e. The van der Waals surface area contributed by atoms with Gasteiger partial charge in [-0.15, -0.1) is 0 Å². The summed E-state index contributed by atoms with van der Waals surface area (Å²) in [5, 5.41) is 7.03. The van der Waals surface area contributed by atoms with Gasteiger partial charge in [0.2, 0.25) is 0 Å². The molecule has 28 heavy (non-hydrogen) atoms. The predicted molar refractivity (Wildman–Crippen MR) is 121 cm³/mol. The van der Waals surface area contributed by atoms with Gasteiger partial charge in [0, 0.05) is 18.2 Å². The van der Waals surface area contributed by atoms with Gasteiger partial charge in [0.25, 0.3) is 0 Å². The van der Waals surface area contributed by atoms with Gasteiger partial charge in [0.15, 0.2) is 0 Å². The molecule has 3 atom stereocenters. The fraction of sp³-hybridized carbons (Fsp3) is 1.00. The van der Waals surface area contributed by atoms with Crippen molar-refractivity contribution in [1.82, 2.24) is 10.6 Å². The second-order valence-corrected chi connectivity index (χ2v) is 9.61. The van der Waals surface area contributed by atoms with Crippen LogP contribution in [-0.2, 0) is 9.47 Å². The number of rotatable bonds is 18. The van der Waals surface area contributed by atoms with Crippen molar-refractivity contribution in [3.63, 3.8) is 0 Å². The Balaban J connectivity index is 4.13. The third kappa shape index (κ3) is 13.9. The Hall–Kier alpha value is -0.240. The van der Waals surface area contributed by atoms with E-state index in [1.165, 1.54) is 0 Å². The summed E-state index contributed by atoms with van der Waals surface area (Å²) in [6, 6.07) is 0.359. The first kappa shape index (κ1) is 27.8. The van der Waals surface area contributed by atoms with Crippen molar-refractivity contribution < 1.29 is 9.47 Å². The lowest BCUT2D eigenvalue weighted by Crippen LogP contribution is -2.48. The molecule has 6 nitrogen and oxygen atoms in total. The van der Waals surface area contributed by atoms with Gasteiger partial charge in [0.05, 0.1) is 18.8 Å². The van der Waals surface area contributed by atoms with Gasteiger partial charge in [-0.2, -0.15) is 0 Å². The SMILES string of the molecule is CC(COCC(C)NCCCN)CC(C)(C)OCC(C)C(C)(C)NCCCN. The average molecular weight is 403 g/mol. The van der Waals surface area contributed by atoms with Crippen LogP contribution in [0.15, 0.2) is 0 Å². The van der Waals surface area contributed by atoms with Gasteiger partial charge in [-0.1, -0.05) is 13.8 Å². The Morgan fingerprint density at radius 3 is 2.07 bits per heavy atom. The highest BCUT2D eigenvalue weighted by Crippen LogP contribution is 2.24. The van der Waals surface area contributed by atoms with Crippen LogP contribution >= 0.6 is 0 Å². The zero-order chi connectivity index (χ0) is 21.6. The van der Waals surface area contributed by atoms with Gasteiger partial charge in [0.1, 0.15) is 0 Å². The maximum atomic E-state index is 6.30. The Kier molecular flexibility index (Phi) is 14.6. The fourth-order valence-electron chi connectivity index (χ4n) is 3.16. The summed E-state index contributed by atoms with van der Waals surface area (Å²) in [6.07, 6.45) is 2.99. The van der Waals surface area contributed by atoms with Crippen molar-refractivity contribution in [2.24, 2.45) is 23.3 Å². The zero-order valence-electron chi connectivity index (χ0n) is 19.8. The fourth-order valence-corrected chi connectivity index (χ4v) is 3.16. The highest BCUT2D eigenvalue weighted by Gasteiger charge is 2.29. The number of nitrogens with one attached hydrogen (secondary N) is 2. The topological polar surface area (TPSA) is 94.6 Å². The Labute approximate surface area is 174 Å². The second kappa shape index (κ2) is 14.7. The van der Waals surface area contributed by atoms with Crippen LogP contribution in [0.4, 0.5) is 0 Å². The highest BCUT2D eigenvalue weighted by atomic mass is 16.5. The van der Waals surface area contributed by atoms with Crippen LogP contribution < -0.4 is 22.1 Å². The van der Waals surface area contributed by atoms with E-state index in [2.05, 4.69) is 59.1 Å². The second-order valence-electron chi connectivity index (χ2n) is 9.61. The van der Waals surface area contributed by atoms with Crippen molar-refractivity contribution >= 4 is 0 Å². The first-order valence-corrected chi connectivity index (χ1v) is 11.1. The molecule has 6 N–H and O–H groups in total. The maximum absolute atomic E-state index is 6.30. The van der Waals surface area contributed by atoms with E-state index in [0.29, 0.717) is 17.9 Å². The lowest BCUT2D eigenvalue weighted by molar-refractivity contribution is -0.0633. The van der Waals surface area contributed by atoms with Crippen molar-refractivity contribution in [2.45, 2.75) is 84.9 Å². The van der Waals surface area contributed by atoms with E-state index in [9.17, 15) is 0 Å². The molecule has 0 rings (SSSR count). The summed E-state index contributed by atoms with van der Waals surface area (Å²) in [4.78, 5) is 0. The molecule has 0 spiro atoms. The van der Waals surface area contributed by atoms with Gasteiger partial charge >= 0.3 is 0 Å². The molecule has 0 amide bonds. The first-order chi connectivity index (χ1) is 13.0. The number of hydrogen-bond donors (Lipinski definition) is 4. The minimum atomic E-state index is -0.157. The van der Waals surface area contributed by atoms with E-state index in [0.717, 1.165) is 65.3 Å². The lowest BCUT2D eigenvalue weighted by atomic mass is 9.89. The summed E-state index contributed by atoms with van der Waals surface area (Å²) in [5.41, 5.74) is 11.0. The van der Waals surface area contributed by atoms with Crippen LogP contribution in [0.5, 0.6) is 0 Å². The molecule has 3 unspecified atom stereocenters. The Morgan fingerprint density at radius 2 is 1.46 bits per heavy atom. The summed E-state index contributed by atoms with van der Waals surface area (Å²) in [6.45, 7) is 21.1. The molecule has 0 aliphatic heterocycles. The van der Waals surface area contributed by atoms with Crippen LogP contribution in [0.1, 0.15) is 67.7 Å². The first-order valence-electron chi connectivity index (χ1n) is 11.1. The van der Waals surface area contributed by atoms with E-state index in [1.807, 2.05) is 0 Å². The number of nitrogens with two attached hydrogens (primary N) is 2. The number of ether oxygens (including phenoxy) is 2. The van der Waals surface area contributed by atoms with Crippen molar-refractivity contribution in [1.29, 1.82) is 0 Å². The number of hydrogen-bond acceptors (Lipinski definition) is 6. The standard InChI is InChI=1S/C22H50N4O2/c1-18(15-27-17-20(3)25-12-8-10-23)14-21(4,5)28-16-19(2)22(6,7)26-13-9-11-24/h18-20,25-26H,8-17,23-24H2,1-7H3. The Morgan fingerprint density at radius 1 is 0.857 bits per heavy atom. The minimum Gasteiger partial charge on any atom is -0.380 e. The lowest BCUT2D eigenvalue weighted by Gasteiger charge is -2.36. The van der Waals surface area contributed by atoms with Crippen LogP contribution in [0.25, 0.3) is 0 Å². The van der Waals surface area contributed by atoms with Crippen LogP contribution in [0.3, 0.4) is 0 Å². The molecule has 0 bridgehead atoms. The van der Waals surface area contributed by atoms with E-state index in [1.54, 1.807) is 0 Å². The molecule has 6 heteroatoms. The minimum absolute atomic E-state index is 0.0347. The summed E-state index contributed by atoms with van der Waals surface area (Å²) in [5.74, 6) is 0.869. The van der Waals surface area contributed by atoms with Gasteiger partial charge in [-0.25, -0.2) is 0 Å². The van der Waals surface area contributed by atoms with E-state index in [-0.39, 0.29) is 11.1 Å². The zero-order valence-corrected chi connectivity index (χ0v) is 19.8. The molecule has 0 aromatic rings. The van der Waals surface area contributed by atoms with Crippen molar-refractivity contribution in [3.05, 3.63) is 0 Å². The van der Waals surface area contributed by atoms with Crippen molar-refractivity contribution in [3.8, 4) is 0 Å². The van der Waals surface area contributed by atoms with Crippen LogP contribution in [0, 0.1) is 11.8 Å². The molecule has 0 aromatic carbocycles. The largest absolute Gasteiger partial charge is 0.380 e. The summed E-state index contributed by atoms with van der Waals surface area (Å²) >= 11 is 0. The van der Waals surface area contributed by atoms with Gasteiger partial charge < -0.3 is 31.6 Å². The van der Waals surface area contributed by atoms with Crippen LogP contribution in [0.2, 0.25) is 0 Å². The highest BCUT2D eigenvalue weighted by molar-refractivity contribution is 4.84. The van der Waals surface area contributed by atoms with E-state index >= 15 is 0 Å². The molecule has 0 heterocycles. The molecule has 0 aliphatic rings. The summed E-state index contributed by atoms with van der Waals surface area (Å²) < 4.78 is 12.2. The van der Waals surface area contributed by atoms with Crippen molar-refractivity contribution in [2.75, 3.05) is 46.0 Å². The quantitative estimate of drug-likeness (QED) is 0.263. The third-order valence-electron chi connectivity index (χ3n) is 5.40. The molecule has 0 aromatic heterocycles. The average Bonchev–Trinajstić information content (AvgIpc) is 2.59. The molecule has 0 saturated carbocycles. The Bertz CT molecular complexity index is 378. The van der Waals surface area contributed by atoms with E-state index in [4.69, 9.17) is 20.9 Å². The molecule has 0 aliphatic carbocycles. The molecular weight excluding hydrogens is 352 g/mol. The van der Waals surface area contributed by atoms with Gasteiger partial charge in [-0.3, -0.25) is 0 Å². The molecule has 0 radical (unpaired) electrons. The third-order valence-corrected chi connectivity index (χ3v) is 5.40.